The Bertz CT molecular complexity index is 306. The SMILES string of the molecule is CCCCCCCN1C(N)=NC(N)=NC1(C)C. The van der Waals surface area contributed by atoms with E-state index in [1.165, 1.54) is 25.7 Å². The number of unbranched alkanes of at least 4 members (excludes halogenated alkanes) is 4. The monoisotopic (exact) mass is 239 g/mol. The highest BCUT2D eigenvalue weighted by atomic mass is 15.4. The van der Waals surface area contributed by atoms with Crippen LogP contribution in [0.2, 0.25) is 0 Å². The summed E-state index contributed by atoms with van der Waals surface area (Å²) >= 11 is 0. The van der Waals surface area contributed by atoms with Crippen molar-refractivity contribution in [3.05, 3.63) is 0 Å². The van der Waals surface area contributed by atoms with Crippen LogP contribution in [0, 0.1) is 0 Å². The quantitative estimate of drug-likeness (QED) is 0.691. The number of rotatable bonds is 6. The number of hydrogen-bond acceptors (Lipinski definition) is 5. The van der Waals surface area contributed by atoms with Gasteiger partial charge in [0.1, 0.15) is 5.66 Å². The maximum Gasteiger partial charge on any atom is 0.220 e. The molecule has 0 aromatic heterocycles. The molecule has 1 rings (SSSR count). The molecule has 5 heteroatoms. The van der Waals surface area contributed by atoms with Crippen molar-refractivity contribution in [1.82, 2.24) is 4.90 Å². The van der Waals surface area contributed by atoms with Crippen LogP contribution in [0.1, 0.15) is 52.9 Å². The van der Waals surface area contributed by atoms with Crippen LogP contribution in [0.5, 0.6) is 0 Å². The largest absolute Gasteiger partial charge is 0.369 e. The third-order valence-corrected chi connectivity index (χ3v) is 3.04. The molecule has 0 aromatic rings. The minimum Gasteiger partial charge on any atom is -0.369 e. The lowest BCUT2D eigenvalue weighted by atomic mass is 10.1. The second-order valence-corrected chi connectivity index (χ2v) is 5.00. The lowest BCUT2D eigenvalue weighted by Gasteiger charge is -2.38. The Kier molecular flexibility index (Phi) is 4.78. The molecule has 0 fully saturated rings. The summed E-state index contributed by atoms with van der Waals surface area (Å²) in [6, 6.07) is 0. The molecule has 0 bridgehead atoms. The van der Waals surface area contributed by atoms with Crippen molar-refractivity contribution < 1.29 is 0 Å². The number of aliphatic imine (C=N–C) groups is 2. The van der Waals surface area contributed by atoms with Crippen LogP contribution in [0.3, 0.4) is 0 Å². The molecule has 0 amide bonds. The Balaban J connectivity index is 2.45. The number of hydrogen-bond donors (Lipinski definition) is 2. The highest BCUT2D eigenvalue weighted by Crippen LogP contribution is 2.20. The summed E-state index contributed by atoms with van der Waals surface area (Å²) < 4.78 is 0. The third kappa shape index (κ3) is 3.91. The van der Waals surface area contributed by atoms with Gasteiger partial charge >= 0.3 is 0 Å². The molecule has 98 valence electrons. The van der Waals surface area contributed by atoms with Crippen molar-refractivity contribution in [3.8, 4) is 0 Å². The predicted octanol–water partition coefficient (Wildman–Crippen LogP) is 1.64. The molecule has 4 N–H and O–H groups in total. The van der Waals surface area contributed by atoms with Gasteiger partial charge in [-0.15, -0.1) is 0 Å². The average molecular weight is 239 g/mol. The summed E-state index contributed by atoms with van der Waals surface area (Å²) in [6.45, 7) is 7.12. The number of nitrogens with zero attached hydrogens (tertiary/aromatic N) is 3. The van der Waals surface area contributed by atoms with Crippen LogP contribution in [0.15, 0.2) is 9.98 Å². The van der Waals surface area contributed by atoms with E-state index < -0.39 is 0 Å². The van der Waals surface area contributed by atoms with E-state index in [-0.39, 0.29) is 11.6 Å². The Labute approximate surface area is 104 Å². The van der Waals surface area contributed by atoms with Gasteiger partial charge in [0.2, 0.25) is 11.9 Å². The summed E-state index contributed by atoms with van der Waals surface area (Å²) in [5.41, 5.74) is 11.1. The second kappa shape index (κ2) is 5.89. The minimum atomic E-state index is -0.374. The Hall–Kier alpha value is -1.26. The first-order valence-electron chi connectivity index (χ1n) is 6.44. The van der Waals surface area contributed by atoms with Crippen LogP contribution in [-0.4, -0.2) is 29.0 Å². The van der Waals surface area contributed by atoms with Crippen LogP contribution < -0.4 is 11.5 Å². The van der Waals surface area contributed by atoms with E-state index in [9.17, 15) is 0 Å². The van der Waals surface area contributed by atoms with Crippen molar-refractivity contribution in [3.63, 3.8) is 0 Å². The summed E-state index contributed by atoms with van der Waals surface area (Å²) in [7, 11) is 0. The van der Waals surface area contributed by atoms with Crippen LogP contribution in [0.25, 0.3) is 0 Å². The fourth-order valence-corrected chi connectivity index (χ4v) is 2.09. The maximum atomic E-state index is 5.90. The van der Waals surface area contributed by atoms with Gasteiger partial charge in [-0.2, -0.15) is 4.99 Å². The van der Waals surface area contributed by atoms with Gasteiger partial charge in [-0.3, -0.25) is 0 Å². The van der Waals surface area contributed by atoms with Gasteiger partial charge < -0.3 is 16.4 Å². The van der Waals surface area contributed by atoms with E-state index in [0.29, 0.717) is 5.96 Å². The lowest BCUT2D eigenvalue weighted by Crippen LogP contribution is -2.54. The van der Waals surface area contributed by atoms with Gasteiger partial charge in [0.25, 0.3) is 0 Å². The normalized spacial score (nSPS) is 18.9. The molecule has 0 atom stereocenters. The standard InChI is InChI=1S/C12H25N5/c1-4-5-6-7-8-9-17-11(14)15-10(13)16-12(17,2)3/h4-9H2,1-3H3,(H4,13,14,15,16). The molecule has 0 aromatic carbocycles. The van der Waals surface area contributed by atoms with Gasteiger partial charge in [-0.05, 0) is 20.3 Å². The first-order valence-corrected chi connectivity index (χ1v) is 6.44. The smallest absolute Gasteiger partial charge is 0.220 e. The van der Waals surface area contributed by atoms with Crippen molar-refractivity contribution in [2.24, 2.45) is 21.5 Å². The van der Waals surface area contributed by atoms with E-state index in [2.05, 4.69) is 16.9 Å². The molecule has 0 radical (unpaired) electrons. The van der Waals surface area contributed by atoms with Crippen LogP contribution in [0.4, 0.5) is 0 Å². The Morgan fingerprint density at radius 2 is 1.76 bits per heavy atom. The molecular weight excluding hydrogens is 214 g/mol. The predicted molar refractivity (Wildman–Crippen MR) is 72.8 cm³/mol. The van der Waals surface area contributed by atoms with Gasteiger partial charge in [0.05, 0.1) is 0 Å². The Morgan fingerprint density at radius 1 is 1.12 bits per heavy atom. The third-order valence-electron chi connectivity index (χ3n) is 3.04. The first kappa shape index (κ1) is 13.8. The Morgan fingerprint density at radius 3 is 2.35 bits per heavy atom. The summed E-state index contributed by atoms with van der Waals surface area (Å²) in [5.74, 6) is 0.757. The molecule has 0 spiro atoms. The molecular formula is C12H25N5. The summed E-state index contributed by atoms with van der Waals surface area (Å²) in [4.78, 5) is 10.4. The number of guanidine groups is 2. The molecule has 0 saturated carbocycles. The highest BCUT2D eigenvalue weighted by molar-refractivity contribution is 5.95. The van der Waals surface area contributed by atoms with E-state index in [0.717, 1.165) is 13.0 Å². The average Bonchev–Trinajstić information content (AvgIpc) is 2.19. The van der Waals surface area contributed by atoms with Gasteiger partial charge in [0.15, 0.2) is 0 Å². The van der Waals surface area contributed by atoms with Crippen molar-refractivity contribution in [1.29, 1.82) is 0 Å². The number of nitrogens with two attached hydrogens (primary N) is 2. The van der Waals surface area contributed by atoms with Crippen LogP contribution in [-0.2, 0) is 0 Å². The highest BCUT2D eigenvalue weighted by Gasteiger charge is 2.30. The van der Waals surface area contributed by atoms with Crippen molar-refractivity contribution in [2.45, 2.75) is 58.5 Å². The second-order valence-electron chi connectivity index (χ2n) is 5.00. The fraction of sp³-hybridized carbons (Fsp3) is 0.833. The topological polar surface area (TPSA) is 80.0 Å². The molecule has 0 saturated heterocycles. The van der Waals surface area contributed by atoms with Gasteiger partial charge in [-0.1, -0.05) is 32.6 Å². The zero-order chi connectivity index (χ0) is 12.9. The van der Waals surface area contributed by atoms with E-state index in [1.54, 1.807) is 0 Å². The molecule has 1 aliphatic heterocycles. The van der Waals surface area contributed by atoms with E-state index in [4.69, 9.17) is 11.5 Å². The molecule has 1 heterocycles. The van der Waals surface area contributed by atoms with Crippen molar-refractivity contribution in [2.75, 3.05) is 6.54 Å². The summed E-state index contributed by atoms with van der Waals surface area (Å²) in [5, 5.41) is 0. The van der Waals surface area contributed by atoms with Gasteiger partial charge in [-0.25, -0.2) is 4.99 Å². The zero-order valence-corrected chi connectivity index (χ0v) is 11.2. The molecule has 17 heavy (non-hydrogen) atoms. The van der Waals surface area contributed by atoms with E-state index >= 15 is 0 Å². The molecule has 1 aliphatic rings. The molecule has 0 aliphatic carbocycles. The maximum absolute atomic E-state index is 5.90. The molecule has 5 nitrogen and oxygen atoms in total. The minimum absolute atomic E-state index is 0.273. The first-order chi connectivity index (χ1) is 7.97. The molecule has 0 unspecified atom stereocenters. The van der Waals surface area contributed by atoms with E-state index in [1.807, 2.05) is 18.7 Å². The van der Waals surface area contributed by atoms with Crippen LogP contribution >= 0.6 is 0 Å². The van der Waals surface area contributed by atoms with Gasteiger partial charge in [0, 0.05) is 6.54 Å². The summed E-state index contributed by atoms with van der Waals surface area (Å²) in [6.07, 6.45) is 6.20. The lowest BCUT2D eigenvalue weighted by molar-refractivity contribution is 0.213. The zero-order valence-electron chi connectivity index (χ0n) is 11.2. The fourth-order valence-electron chi connectivity index (χ4n) is 2.09. The van der Waals surface area contributed by atoms with Crippen molar-refractivity contribution >= 4 is 11.9 Å².